The van der Waals surface area contributed by atoms with E-state index in [4.69, 9.17) is 5.73 Å². The summed E-state index contributed by atoms with van der Waals surface area (Å²) < 4.78 is 0. The Morgan fingerprint density at radius 1 is 0.719 bits per heavy atom. The van der Waals surface area contributed by atoms with Gasteiger partial charge in [0.2, 0.25) is 0 Å². The quantitative estimate of drug-likeness (QED) is 0.468. The number of benzene rings is 2. The van der Waals surface area contributed by atoms with E-state index in [1.165, 1.54) is 0 Å². The van der Waals surface area contributed by atoms with E-state index < -0.39 is 0 Å². The molecule has 0 saturated heterocycles. The average Bonchev–Trinajstić information content (AvgIpc) is 2.68. The topological polar surface area (TPSA) is 82.6 Å². The minimum absolute atomic E-state index is 0.181. The first kappa shape index (κ1) is 23.5. The highest BCUT2D eigenvalue weighted by molar-refractivity contribution is 5.52. The number of phenolic OH excluding ortho intramolecular Hbond substituents is 2. The van der Waals surface area contributed by atoms with Gasteiger partial charge < -0.3 is 20.8 Å². The lowest BCUT2D eigenvalue weighted by Crippen LogP contribution is -2.24. The lowest BCUT2D eigenvalue weighted by atomic mass is 9.85. The van der Waals surface area contributed by atoms with Crippen LogP contribution in [0.3, 0.4) is 0 Å². The molecule has 0 aliphatic rings. The van der Waals surface area contributed by atoms with Gasteiger partial charge in [-0.3, -0.25) is 0 Å². The largest absolute Gasteiger partial charge is 0.507 e. The van der Waals surface area contributed by atoms with Crippen LogP contribution < -0.4 is 10.6 Å². The van der Waals surface area contributed by atoms with Crippen molar-refractivity contribution in [3.05, 3.63) is 76.9 Å². The molecule has 2 aromatic carbocycles. The summed E-state index contributed by atoms with van der Waals surface area (Å²) in [6, 6.07) is 17.2. The fourth-order valence-electron chi connectivity index (χ4n) is 3.89. The minimum Gasteiger partial charge on any atom is -0.507 e. The average molecular weight is 434 g/mol. The maximum atomic E-state index is 11.0. The first-order chi connectivity index (χ1) is 14.9. The summed E-state index contributed by atoms with van der Waals surface area (Å²) in [7, 11) is 0. The second-order valence-electron chi connectivity index (χ2n) is 10.4. The molecule has 0 atom stereocenters. The van der Waals surface area contributed by atoms with Gasteiger partial charge in [0.05, 0.1) is 0 Å². The van der Waals surface area contributed by atoms with E-state index in [1.807, 2.05) is 53.4 Å². The third-order valence-corrected chi connectivity index (χ3v) is 5.66. The molecule has 5 nitrogen and oxygen atoms in total. The fraction of sp³-hybridized carbons (Fsp3) is 0.370. The molecule has 170 valence electrons. The predicted molar refractivity (Wildman–Crippen MR) is 132 cm³/mol. The lowest BCUT2D eigenvalue weighted by molar-refractivity contribution is 0.436. The molecule has 0 radical (unpaired) electrons. The van der Waals surface area contributed by atoms with Crippen molar-refractivity contribution in [2.24, 2.45) is 0 Å². The molecule has 0 spiro atoms. The SMILES string of the molecule is CC(C)(C)c1cccc(CN(Cc2cccc(C(C)(C)C)c2O)c2cccc(N)n2)c1O. The number of nitrogen functional groups attached to an aromatic ring is 1. The molecule has 0 aliphatic heterocycles. The number of nitrogens with zero attached hydrogens (tertiary/aromatic N) is 2. The van der Waals surface area contributed by atoms with Gasteiger partial charge >= 0.3 is 0 Å². The highest BCUT2D eigenvalue weighted by atomic mass is 16.3. The zero-order chi connectivity index (χ0) is 23.7. The number of rotatable bonds is 5. The minimum atomic E-state index is -0.181. The molecule has 4 N–H and O–H groups in total. The van der Waals surface area contributed by atoms with E-state index >= 15 is 0 Å². The number of pyridine rings is 1. The number of aromatic nitrogens is 1. The normalized spacial score (nSPS) is 12.1. The second-order valence-corrected chi connectivity index (χ2v) is 10.4. The molecule has 5 heteroatoms. The summed E-state index contributed by atoms with van der Waals surface area (Å²) in [6.45, 7) is 13.3. The molecular formula is C27H35N3O2. The van der Waals surface area contributed by atoms with Crippen LogP contribution >= 0.6 is 0 Å². The molecule has 32 heavy (non-hydrogen) atoms. The first-order valence-corrected chi connectivity index (χ1v) is 11.0. The number of para-hydroxylation sites is 2. The number of hydrogen-bond acceptors (Lipinski definition) is 5. The van der Waals surface area contributed by atoms with Crippen molar-refractivity contribution in [2.45, 2.75) is 65.5 Å². The summed E-state index contributed by atoms with van der Waals surface area (Å²) in [5.74, 6) is 1.70. The number of anilines is 2. The Morgan fingerprint density at radius 3 is 1.56 bits per heavy atom. The Balaban J connectivity index is 2.05. The zero-order valence-corrected chi connectivity index (χ0v) is 20.0. The predicted octanol–water partition coefficient (Wildman–Crippen LogP) is 5.88. The van der Waals surface area contributed by atoms with Gasteiger partial charge in [0, 0.05) is 24.2 Å². The van der Waals surface area contributed by atoms with E-state index in [9.17, 15) is 10.2 Å². The van der Waals surface area contributed by atoms with Crippen LogP contribution in [0.2, 0.25) is 0 Å². The zero-order valence-electron chi connectivity index (χ0n) is 20.0. The van der Waals surface area contributed by atoms with Crippen molar-refractivity contribution in [2.75, 3.05) is 10.6 Å². The van der Waals surface area contributed by atoms with E-state index in [1.54, 1.807) is 6.07 Å². The molecule has 0 bridgehead atoms. The van der Waals surface area contributed by atoms with Gasteiger partial charge in [0.1, 0.15) is 23.1 Å². The number of phenols is 2. The Kier molecular flexibility index (Phi) is 6.40. The molecular weight excluding hydrogens is 398 g/mol. The molecule has 0 amide bonds. The highest BCUT2D eigenvalue weighted by Gasteiger charge is 2.23. The summed E-state index contributed by atoms with van der Waals surface area (Å²) in [4.78, 5) is 6.54. The standard InChI is InChI=1S/C27H35N3O2/c1-26(2,3)20-12-7-10-18(24(20)31)16-30(23-15-9-14-22(28)29-23)17-19-11-8-13-21(25(19)32)27(4,5)6/h7-15,31-32H,16-17H2,1-6H3,(H2,28,29). The van der Waals surface area contributed by atoms with Crippen LogP contribution in [0.15, 0.2) is 54.6 Å². The number of hydrogen-bond donors (Lipinski definition) is 3. The van der Waals surface area contributed by atoms with E-state index in [2.05, 4.69) is 46.5 Å². The van der Waals surface area contributed by atoms with Gasteiger partial charge in [-0.1, -0.05) is 84.0 Å². The van der Waals surface area contributed by atoms with Crippen LogP contribution in [0.4, 0.5) is 11.6 Å². The van der Waals surface area contributed by atoms with Crippen molar-refractivity contribution < 1.29 is 10.2 Å². The molecule has 0 aliphatic carbocycles. The van der Waals surface area contributed by atoms with Crippen LogP contribution in [0.25, 0.3) is 0 Å². The van der Waals surface area contributed by atoms with E-state index in [0.29, 0.717) is 36.2 Å². The molecule has 0 unspecified atom stereocenters. The van der Waals surface area contributed by atoms with E-state index in [0.717, 1.165) is 22.3 Å². The van der Waals surface area contributed by atoms with Gasteiger partial charge in [-0.05, 0) is 34.1 Å². The lowest BCUT2D eigenvalue weighted by Gasteiger charge is -2.28. The summed E-state index contributed by atoms with van der Waals surface area (Å²) in [5, 5.41) is 22.1. The number of aromatic hydroxyl groups is 2. The van der Waals surface area contributed by atoms with Crippen molar-refractivity contribution in [3.63, 3.8) is 0 Å². The van der Waals surface area contributed by atoms with Crippen molar-refractivity contribution in [1.29, 1.82) is 0 Å². The van der Waals surface area contributed by atoms with Crippen molar-refractivity contribution >= 4 is 11.6 Å². The van der Waals surface area contributed by atoms with Gasteiger partial charge in [-0.25, -0.2) is 4.98 Å². The second kappa shape index (κ2) is 8.73. The van der Waals surface area contributed by atoms with Crippen LogP contribution in [0.1, 0.15) is 63.8 Å². The smallest absolute Gasteiger partial charge is 0.131 e. The van der Waals surface area contributed by atoms with Crippen molar-refractivity contribution in [1.82, 2.24) is 4.98 Å². The number of nitrogens with two attached hydrogens (primary N) is 1. The van der Waals surface area contributed by atoms with Crippen LogP contribution in [-0.4, -0.2) is 15.2 Å². The van der Waals surface area contributed by atoms with Crippen LogP contribution in [-0.2, 0) is 23.9 Å². The van der Waals surface area contributed by atoms with Crippen LogP contribution in [0.5, 0.6) is 11.5 Å². The van der Waals surface area contributed by atoms with Gasteiger partial charge in [-0.15, -0.1) is 0 Å². The molecule has 1 aromatic heterocycles. The van der Waals surface area contributed by atoms with Gasteiger partial charge in [-0.2, -0.15) is 0 Å². The van der Waals surface area contributed by atoms with Crippen molar-refractivity contribution in [3.8, 4) is 11.5 Å². The van der Waals surface area contributed by atoms with E-state index in [-0.39, 0.29) is 10.8 Å². The third-order valence-electron chi connectivity index (χ3n) is 5.66. The Labute approximate surface area is 191 Å². The monoisotopic (exact) mass is 433 g/mol. The summed E-state index contributed by atoms with van der Waals surface area (Å²) >= 11 is 0. The maximum Gasteiger partial charge on any atom is 0.131 e. The fourth-order valence-corrected chi connectivity index (χ4v) is 3.89. The highest BCUT2D eigenvalue weighted by Crippen LogP contribution is 2.36. The third kappa shape index (κ3) is 5.16. The molecule has 3 aromatic rings. The Morgan fingerprint density at radius 2 is 1.16 bits per heavy atom. The molecule has 0 fully saturated rings. The van der Waals surface area contributed by atoms with Gasteiger partial charge in [0.25, 0.3) is 0 Å². The summed E-state index contributed by atoms with van der Waals surface area (Å²) in [6.07, 6.45) is 0. The molecule has 3 rings (SSSR count). The summed E-state index contributed by atoms with van der Waals surface area (Å²) in [5.41, 5.74) is 9.00. The maximum absolute atomic E-state index is 11.0. The molecule has 1 heterocycles. The Bertz CT molecular complexity index is 1030. The molecule has 0 saturated carbocycles. The Hall–Kier alpha value is -3.21. The van der Waals surface area contributed by atoms with Crippen LogP contribution in [0, 0.1) is 0 Å². The first-order valence-electron chi connectivity index (χ1n) is 11.0. The van der Waals surface area contributed by atoms with Gasteiger partial charge in [0.15, 0.2) is 0 Å².